The summed E-state index contributed by atoms with van der Waals surface area (Å²) in [4.78, 5) is 27.7. The summed E-state index contributed by atoms with van der Waals surface area (Å²) in [7, 11) is 0. The van der Waals surface area contributed by atoms with Gasteiger partial charge in [-0.25, -0.2) is 14.0 Å². The first-order chi connectivity index (χ1) is 23.1. The highest BCUT2D eigenvalue weighted by Crippen LogP contribution is 2.44. The van der Waals surface area contributed by atoms with Crippen molar-refractivity contribution in [1.29, 1.82) is 0 Å². The van der Waals surface area contributed by atoms with Gasteiger partial charge in [0.05, 0.1) is 13.2 Å². The van der Waals surface area contributed by atoms with E-state index in [9.17, 15) is 24.2 Å². The molecule has 8 nitrogen and oxygen atoms in total. The number of ether oxygens (including phenoxy) is 2. The summed E-state index contributed by atoms with van der Waals surface area (Å²) >= 11 is 0. The largest absolute Gasteiger partial charge is 0.450 e. The van der Waals surface area contributed by atoms with Crippen LogP contribution in [0.1, 0.15) is 81.9 Å². The predicted octanol–water partition coefficient (Wildman–Crippen LogP) is 6.05. The zero-order valence-electron chi connectivity index (χ0n) is 28.2. The van der Waals surface area contributed by atoms with E-state index in [0.29, 0.717) is 44.7 Å². The summed E-state index contributed by atoms with van der Waals surface area (Å²) in [5.74, 6) is 11.9. The second-order valence-electron chi connectivity index (χ2n) is 13.2. The van der Waals surface area contributed by atoms with E-state index in [-0.39, 0.29) is 41.9 Å². The van der Waals surface area contributed by atoms with E-state index in [4.69, 9.17) is 9.47 Å². The SMILES string of the molecule is CCOC(=O)N1CCC2C1CCCC2(O)C#Cc1ccc(F)cc1.CCOC(=O)N1CCC2C1CCCC2(O)C#Cc1cccc(C)c1. The number of rotatable bonds is 2. The molecule has 2 amide bonds. The average molecular weight is 659 g/mol. The van der Waals surface area contributed by atoms with Crippen LogP contribution in [-0.2, 0) is 9.47 Å². The van der Waals surface area contributed by atoms with E-state index in [1.54, 1.807) is 28.9 Å². The van der Waals surface area contributed by atoms with Crippen LogP contribution in [0.2, 0.25) is 0 Å². The maximum atomic E-state index is 13.0. The number of aryl methyl sites for hydroxylation is 1. The van der Waals surface area contributed by atoms with Gasteiger partial charge in [0.15, 0.2) is 0 Å². The van der Waals surface area contributed by atoms with E-state index < -0.39 is 11.2 Å². The van der Waals surface area contributed by atoms with Gasteiger partial charge in [0, 0.05) is 48.1 Å². The number of carbonyl (C=O) groups excluding carboxylic acids is 2. The van der Waals surface area contributed by atoms with Crippen molar-refractivity contribution in [3.8, 4) is 23.7 Å². The highest BCUT2D eigenvalue weighted by Gasteiger charge is 2.51. The van der Waals surface area contributed by atoms with Crippen molar-refractivity contribution in [2.24, 2.45) is 11.8 Å². The highest BCUT2D eigenvalue weighted by molar-refractivity contribution is 5.69. The van der Waals surface area contributed by atoms with Crippen LogP contribution in [0.5, 0.6) is 0 Å². The lowest BCUT2D eigenvalue weighted by Crippen LogP contribution is -2.49. The molecule has 2 aliphatic carbocycles. The number of halogens is 1. The van der Waals surface area contributed by atoms with Crippen molar-refractivity contribution in [2.45, 2.75) is 95.4 Å². The van der Waals surface area contributed by atoms with Gasteiger partial charge in [-0.1, -0.05) is 35.8 Å². The van der Waals surface area contributed by atoms with Crippen molar-refractivity contribution in [3.05, 3.63) is 71.0 Å². The molecule has 256 valence electrons. The third-order valence-corrected chi connectivity index (χ3v) is 10.1. The van der Waals surface area contributed by atoms with Crippen LogP contribution in [0.15, 0.2) is 48.5 Å². The Morgan fingerprint density at radius 1 is 0.792 bits per heavy atom. The molecule has 6 unspecified atom stereocenters. The topological polar surface area (TPSA) is 99.5 Å². The van der Waals surface area contributed by atoms with Crippen molar-refractivity contribution in [1.82, 2.24) is 9.80 Å². The molecule has 0 radical (unpaired) electrons. The molecule has 2 saturated heterocycles. The summed E-state index contributed by atoms with van der Waals surface area (Å²) in [5.41, 5.74) is 0.620. The number of aliphatic hydroxyl groups is 2. The minimum atomic E-state index is -1.11. The standard InChI is InChI=1S/C20H25NO3.C19H22FNO3/c1-3-24-19(22)21-13-10-17-18(21)8-5-11-20(17,23)12-9-16-7-4-6-15(2)14-16;1-2-24-18(22)21-13-10-16-17(21)4-3-11-19(16,23)12-9-14-5-7-15(20)8-6-14/h4,6-7,14,17-18,23H,3,5,8,10-11,13H2,1-2H3;5-8,16-17,23H,2-4,10-11,13H2,1H3. The lowest BCUT2D eigenvalue weighted by molar-refractivity contribution is -0.0150. The van der Waals surface area contributed by atoms with E-state index >= 15 is 0 Å². The Balaban J connectivity index is 0.000000188. The van der Waals surface area contributed by atoms with E-state index in [1.807, 2.05) is 38.1 Å². The minimum absolute atomic E-state index is 0.00738. The van der Waals surface area contributed by atoms with Gasteiger partial charge in [0.25, 0.3) is 0 Å². The molecule has 2 aliphatic heterocycles. The van der Waals surface area contributed by atoms with E-state index in [2.05, 4.69) is 23.7 Å². The molecule has 2 heterocycles. The summed E-state index contributed by atoms with van der Waals surface area (Å²) in [6, 6.07) is 13.9. The molecule has 2 aromatic rings. The Morgan fingerprint density at radius 3 is 1.77 bits per heavy atom. The van der Waals surface area contributed by atoms with Gasteiger partial charge in [-0.05, 0) is 114 Å². The number of nitrogens with zero attached hydrogens (tertiary/aromatic N) is 2. The zero-order valence-corrected chi connectivity index (χ0v) is 28.2. The number of benzene rings is 2. The maximum absolute atomic E-state index is 13.0. The Morgan fingerprint density at radius 2 is 1.29 bits per heavy atom. The Hall–Kier alpha value is -4.05. The fraction of sp³-hybridized carbons (Fsp3) is 0.538. The molecule has 2 saturated carbocycles. The van der Waals surface area contributed by atoms with Crippen LogP contribution in [0.4, 0.5) is 14.0 Å². The molecule has 4 aliphatic rings. The number of fused-ring (bicyclic) bond motifs is 2. The summed E-state index contributed by atoms with van der Waals surface area (Å²) in [6.45, 7) is 7.60. The van der Waals surface area contributed by atoms with E-state index in [0.717, 1.165) is 49.7 Å². The van der Waals surface area contributed by atoms with Crippen LogP contribution < -0.4 is 0 Å². The van der Waals surface area contributed by atoms with Crippen molar-refractivity contribution < 1.29 is 33.7 Å². The summed E-state index contributed by atoms with van der Waals surface area (Å²) < 4.78 is 23.2. The number of hydrogen-bond donors (Lipinski definition) is 2. The van der Waals surface area contributed by atoms with Gasteiger partial charge >= 0.3 is 12.2 Å². The van der Waals surface area contributed by atoms with Crippen LogP contribution in [-0.4, -0.2) is 81.8 Å². The molecule has 2 aromatic carbocycles. The van der Waals surface area contributed by atoms with Crippen molar-refractivity contribution >= 4 is 12.2 Å². The van der Waals surface area contributed by atoms with Crippen LogP contribution in [0.25, 0.3) is 0 Å². The van der Waals surface area contributed by atoms with Gasteiger partial charge < -0.3 is 29.5 Å². The van der Waals surface area contributed by atoms with Crippen molar-refractivity contribution in [3.63, 3.8) is 0 Å². The monoisotopic (exact) mass is 658 g/mol. The normalized spacial score (nSPS) is 28.7. The molecule has 0 spiro atoms. The first kappa shape index (κ1) is 35.3. The van der Waals surface area contributed by atoms with Gasteiger partial charge in [-0.3, -0.25) is 0 Å². The zero-order chi connectivity index (χ0) is 34.3. The molecule has 48 heavy (non-hydrogen) atoms. The lowest BCUT2D eigenvalue weighted by Gasteiger charge is -2.39. The van der Waals surface area contributed by atoms with Gasteiger partial charge in [-0.2, -0.15) is 0 Å². The molecule has 9 heteroatoms. The van der Waals surface area contributed by atoms with Gasteiger partial charge in [0.1, 0.15) is 17.0 Å². The lowest BCUT2D eigenvalue weighted by atomic mass is 9.73. The molecule has 4 fully saturated rings. The number of hydrogen-bond acceptors (Lipinski definition) is 6. The number of likely N-dealkylation sites (tertiary alicyclic amines) is 2. The second kappa shape index (κ2) is 15.4. The first-order valence-corrected chi connectivity index (χ1v) is 17.3. The highest BCUT2D eigenvalue weighted by atomic mass is 19.1. The number of amides is 2. The van der Waals surface area contributed by atoms with E-state index in [1.165, 1.54) is 12.1 Å². The second-order valence-corrected chi connectivity index (χ2v) is 13.2. The van der Waals surface area contributed by atoms with Gasteiger partial charge in [0.2, 0.25) is 0 Å². The average Bonchev–Trinajstić information content (AvgIpc) is 3.72. The molecule has 6 rings (SSSR count). The molecule has 0 bridgehead atoms. The summed E-state index contributed by atoms with van der Waals surface area (Å²) in [6.07, 6.45) is 5.66. The molecule has 0 aromatic heterocycles. The Kier molecular flexibility index (Phi) is 11.3. The van der Waals surface area contributed by atoms with Gasteiger partial charge in [-0.15, -0.1) is 0 Å². The maximum Gasteiger partial charge on any atom is 0.410 e. The first-order valence-electron chi connectivity index (χ1n) is 17.3. The fourth-order valence-corrected chi connectivity index (χ4v) is 7.86. The quantitative estimate of drug-likeness (QED) is 0.382. The molecule has 6 atom stereocenters. The third-order valence-electron chi connectivity index (χ3n) is 10.1. The third kappa shape index (κ3) is 7.97. The number of carbonyl (C=O) groups is 2. The van der Waals surface area contributed by atoms with Crippen molar-refractivity contribution in [2.75, 3.05) is 26.3 Å². The predicted molar refractivity (Wildman–Crippen MR) is 180 cm³/mol. The van der Waals surface area contributed by atoms with Crippen LogP contribution in [0.3, 0.4) is 0 Å². The Labute approximate surface area is 283 Å². The molecule has 2 N–H and O–H groups in total. The molecular formula is C39H47FN2O6. The fourth-order valence-electron chi connectivity index (χ4n) is 7.86. The molecular weight excluding hydrogens is 611 g/mol. The smallest absolute Gasteiger partial charge is 0.410 e. The Bertz CT molecular complexity index is 1570. The summed E-state index contributed by atoms with van der Waals surface area (Å²) in [5, 5.41) is 22.2. The van der Waals surface area contributed by atoms with Crippen LogP contribution >= 0.6 is 0 Å². The minimum Gasteiger partial charge on any atom is -0.450 e. The van der Waals surface area contributed by atoms with Crippen LogP contribution in [0, 0.1) is 48.3 Å².